The van der Waals surface area contributed by atoms with Crippen molar-refractivity contribution in [3.63, 3.8) is 0 Å². The van der Waals surface area contributed by atoms with Crippen LogP contribution in [0.3, 0.4) is 0 Å². The largest absolute Gasteiger partial charge is 0.481 e. The number of benzene rings is 1. The Hall–Kier alpha value is -3.94. The molecular weight excluding hydrogens is 517 g/mol. The highest BCUT2D eigenvalue weighted by molar-refractivity contribution is 5.97. The molecule has 1 aromatic heterocycles. The number of aromatic nitrogens is 2. The molecule has 1 aliphatic rings. The van der Waals surface area contributed by atoms with Gasteiger partial charge in [0.1, 0.15) is 5.82 Å². The lowest BCUT2D eigenvalue weighted by Gasteiger charge is -2.26. The maximum atomic E-state index is 13.0. The maximum absolute atomic E-state index is 13.0. The van der Waals surface area contributed by atoms with Gasteiger partial charge >= 0.3 is 17.9 Å². The standard InChI is InChI=1S/C20H24FN3O2.C6H8O7/c1-15-19(14-22-24(15)12-13-25)20(26)8-11-23-9-6-17(7-10-23)16-2-4-18(21)5-3-16;7-3(8)1-6(13,5(11)12)2-4(9)10/h2-6,14,25H,7-13H2,1H3;13H,1-2H2,(H,7,8)(H,9,10)(H,11,12). The highest BCUT2D eigenvalue weighted by atomic mass is 19.1. The SMILES string of the molecule is Cc1c(C(=O)CCN2CC=C(c3ccc(F)cc3)CC2)cnn1CCO.O=C(O)CC(O)(CC(=O)O)C(=O)O. The number of Topliss-reactive ketones (excluding diaryl/α,β-unsaturated/α-hetero) is 1. The first-order valence-corrected chi connectivity index (χ1v) is 12.1. The Morgan fingerprint density at radius 2 is 1.64 bits per heavy atom. The summed E-state index contributed by atoms with van der Waals surface area (Å²) in [6, 6.07) is 6.60. The molecule has 0 atom stereocenters. The van der Waals surface area contributed by atoms with Crippen molar-refractivity contribution in [2.75, 3.05) is 26.2 Å². The van der Waals surface area contributed by atoms with Crippen LogP contribution in [-0.4, -0.2) is 95.7 Å². The van der Waals surface area contributed by atoms with Gasteiger partial charge in [-0.1, -0.05) is 18.2 Å². The molecule has 1 aliphatic heterocycles. The van der Waals surface area contributed by atoms with Crippen molar-refractivity contribution in [3.05, 3.63) is 59.2 Å². The number of ketones is 1. The van der Waals surface area contributed by atoms with Crippen molar-refractivity contribution in [1.29, 1.82) is 0 Å². The van der Waals surface area contributed by atoms with Crippen molar-refractivity contribution < 1.29 is 49.1 Å². The van der Waals surface area contributed by atoms with Crippen LogP contribution in [0.5, 0.6) is 0 Å². The molecule has 212 valence electrons. The number of carbonyl (C=O) groups is 4. The number of aliphatic hydroxyl groups excluding tert-OH is 1. The third-order valence-corrected chi connectivity index (χ3v) is 6.16. The Balaban J connectivity index is 0.000000349. The number of nitrogens with zero attached hydrogens (tertiary/aromatic N) is 3. The number of carboxylic acids is 3. The van der Waals surface area contributed by atoms with Gasteiger partial charge in [0.05, 0.1) is 37.8 Å². The number of halogens is 1. The summed E-state index contributed by atoms with van der Waals surface area (Å²) in [6.45, 7) is 4.65. The minimum atomic E-state index is -2.74. The fourth-order valence-electron chi connectivity index (χ4n) is 3.99. The fourth-order valence-corrected chi connectivity index (χ4v) is 3.99. The zero-order valence-electron chi connectivity index (χ0n) is 21.4. The summed E-state index contributed by atoms with van der Waals surface area (Å²) < 4.78 is 14.7. The van der Waals surface area contributed by atoms with E-state index in [0.717, 1.165) is 30.8 Å². The van der Waals surface area contributed by atoms with Gasteiger partial charge in [0.15, 0.2) is 11.4 Å². The molecule has 0 saturated heterocycles. The van der Waals surface area contributed by atoms with Gasteiger partial charge in [0.2, 0.25) is 0 Å². The van der Waals surface area contributed by atoms with Gasteiger partial charge in [-0.2, -0.15) is 5.10 Å². The van der Waals surface area contributed by atoms with Crippen molar-refractivity contribution in [2.24, 2.45) is 0 Å². The smallest absolute Gasteiger partial charge is 0.336 e. The highest BCUT2D eigenvalue weighted by Crippen LogP contribution is 2.23. The molecule has 0 bridgehead atoms. The average molecular weight is 550 g/mol. The summed E-state index contributed by atoms with van der Waals surface area (Å²) in [5.41, 5.74) is 0.999. The lowest BCUT2D eigenvalue weighted by atomic mass is 9.96. The quantitative estimate of drug-likeness (QED) is 0.241. The van der Waals surface area contributed by atoms with Crippen LogP contribution in [0.25, 0.3) is 5.57 Å². The second-order valence-corrected chi connectivity index (χ2v) is 9.03. The van der Waals surface area contributed by atoms with Crippen LogP contribution in [0.15, 0.2) is 36.5 Å². The third kappa shape index (κ3) is 9.39. The number of carboxylic acid groups (broad SMARTS) is 3. The summed E-state index contributed by atoms with van der Waals surface area (Å²) in [4.78, 5) is 45.2. The Bertz CT molecular complexity index is 1190. The van der Waals surface area contributed by atoms with E-state index in [1.54, 1.807) is 10.9 Å². The second kappa shape index (κ2) is 14.3. The molecule has 2 heterocycles. The topological polar surface area (TPSA) is 190 Å². The molecule has 0 aliphatic carbocycles. The highest BCUT2D eigenvalue weighted by Gasteiger charge is 2.40. The van der Waals surface area contributed by atoms with Crippen LogP contribution in [0, 0.1) is 12.7 Å². The molecule has 0 fully saturated rings. The Morgan fingerprint density at radius 3 is 2.13 bits per heavy atom. The number of carbonyl (C=O) groups excluding carboxylic acids is 1. The number of hydrogen-bond acceptors (Lipinski definition) is 8. The first-order valence-electron chi connectivity index (χ1n) is 12.1. The van der Waals surface area contributed by atoms with E-state index in [2.05, 4.69) is 16.1 Å². The summed E-state index contributed by atoms with van der Waals surface area (Å²) >= 11 is 0. The molecule has 12 nitrogen and oxygen atoms in total. The molecule has 3 rings (SSSR count). The lowest BCUT2D eigenvalue weighted by Crippen LogP contribution is -2.42. The van der Waals surface area contributed by atoms with Crippen LogP contribution in [0.2, 0.25) is 0 Å². The zero-order chi connectivity index (χ0) is 29.2. The van der Waals surface area contributed by atoms with E-state index in [1.807, 2.05) is 19.1 Å². The minimum Gasteiger partial charge on any atom is -0.481 e. The van der Waals surface area contributed by atoms with Crippen molar-refractivity contribution in [1.82, 2.24) is 14.7 Å². The molecular formula is C26H32FN3O9. The normalized spacial score (nSPS) is 13.7. The van der Waals surface area contributed by atoms with Gasteiger partial charge in [-0.15, -0.1) is 0 Å². The first kappa shape index (κ1) is 31.3. The van der Waals surface area contributed by atoms with Crippen LogP contribution in [0.4, 0.5) is 4.39 Å². The van der Waals surface area contributed by atoms with Gasteiger partial charge in [0, 0.05) is 31.7 Å². The number of aliphatic carboxylic acids is 3. The van der Waals surface area contributed by atoms with Crippen molar-refractivity contribution in [2.45, 2.75) is 44.8 Å². The molecule has 1 aromatic carbocycles. The molecule has 0 amide bonds. The summed E-state index contributed by atoms with van der Waals surface area (Å²) in [7, 11) is 0. The minimum absolute atomic E-state index is 0.00660. The third-order valence-electron chi connectivity index (χ3n) is 6.16. The number of rotatable bonds is 12. The van der Waals surface area contributed by atoms with E-state index < -0.39 is 36.4 Å². The molecule has 0 saturated carbocycles. The molecule has 0 radical (unpaired) electrons. The molecule has 5 N–H and O–H groups in total. The zero-order valence-corrected chi connectivity index (χ0v) is 21.4. The van der Waals surface area contributed by atoms with Crippen LogP contribution in [-0.2, 0) is 20.9 Å². The Morgan fingerprint density at radius 1 is 1.03 bits per heavy atom. The van der Waals surface area contributed by atoms with E-state index in [9.17, 15) is 23.6 Å². The second-order valence-electron chi connectivity index (χ2n) is 9.03. The first-order chi connectivity index (χ1) is 18.4. The fraction of sp³-hybridized carbons (Fsp3) is 0.423. The Labute approximate surface area is 223 Å². The molecule has 13 heteroatoms. The lowest BCUT2D eigenvalue weighted by molar-refractivity contribution is -0.170. The summed E-state index contributed by atoms with van der Waals surface area (Å²) in [5.74, 6) is -5.16. The van der Waals surface area contributed by atoms with E-state index in [4.69, 9.17) is 25.5 Å². The van der Waals surface area contributed by atoms with Crippen LogP contribution in [0.1, 0.15) is 47.3 Å². The van der Waals surface area contributed by atoms with Gasteiger partial charge < -0.3 is 25.5 Å². The van der Waals surface area contributed by atoms with E-state index in [1.165, 1.54) is 17.7 Å². The van der Waals surface area contributed by atoms with Gasteiger partial charge in [-0.3, -0.25) is 24.0 Å². The summed E-state index contributed by atoms with van der Waals surface area (Å²) in [5, 5.41) is 47.0. The number of aliphatic hydroxyl groups is 2. The van der Waals surface area contributed by atoms with E-state index >= 15 is 0 Å². The maximum Gasteiger partial charge on any atom is 0.336 e. The predicted molar refractivity (Wildman–Crippen MR) is 136 cm³/mol. The van der Waals surface area contributed by atoms with Crippen LogP contribution < -0.4 is 0 Å². The predicted octanol–water partition coefficient (Wildman–Crippen LogP) is 1.44. The monoisotopic (exact) mass is 549 g/mol. The Kier molecular flexibility index (Phi) is 11.5. The van der Waals surface area contributed by atoms with E-state index in [0.29, 0.717) is 25.1 Å². The van der Waals surface area contributed by atoms with Gasteiger partial charge in [-0.05, 0) is 36.6 Å². The van der Waals surface area contributed by atoms with E-state index in [-0.39, 0.29) is 18.2 Å². The van der Waals surface area contributed by atoms with Gasteiger partial charge in [-0.25, -0.2) is 9.18 Å². The molecule has 2 aromatic rings. The van der Waals surface area contributed by atoms with Crippen LogP contribution >= 0.6 is 0 Å². The molecule has 39 heavy (non-hydrogen) atoms. The van der Waals surface area contributed by atoms with Gasteiger partial charge in [0.25, 0.3) is 0 Å². The van der Waals surface area contributed by atoms with Crippen molar-refractivity contribution in [3.8, 4) is 0 Å². The average Bonchev–Trinajstić information content (AvgIpc) is 3.23. The molecule has 0 spiro atoms. The summed E-state index contributed by atoms with van der Waals surface area (Å²) in [6.07, 6.45) is 2.81. The number of hydrogen-bond donors (Lipinski definition) is 5. The van der Waals surface area contributed by atoms with Crippen molar-refractivity contribution >= 4 is 29.3 Å². The molecule has 0 unspecified atom stereocenters.